The van der Waals surface area contributed by atoms with Crippen molar-refractivity contribution in [3.8, 4) is 0 Å². The average Bonchev–Trinajstić information content (AvgIpc) is 2.29. The van der Waals surface area contributed by atoms with Crippen molar-refractivity contribution >= 4 is 15.7 Å². The highest BCUT2D eigenvalue weighted by Gasteiger charge is 2.13. The predicted octanol–water partition coefficient (Wildman–Crippen LogP) is 0.316. The molecular formula is C11H24N2O3S. The van der Waals surface area contributed by atoms with Crippen molar-refractivity contribution in [2.75, 3.05) is 24.6 Å². The number of unbranched alkanes of at least 4 members (excludes halogenated alkanes) is 1. The van der Waals surface area contributed by atoms with E-state index in [2.05, 4.69) is 17.6 Å². The third kappa shape index (κ3) is 8.15. The number of carbonyl (C=O) groups is 1. The zero-order valence-electron chi connectivity index (χ0n) is 11.0. The maximum Gasteiger partial charge on any atom is 0.236 e. The van der Waals surface area contributed by atoms with E-state index in [0.29, 0.717) is 13.1 Å². The summed E-state index contributed by atoms with van der Waals surface area (Å²) >= 11 is 0. The minimum atomic E-state index is -2.96. The SMILES string of the molecule is CCCCNC(=O)C(C)NCCS(=O)(=O)CC. The van der Waals surface area contributed by atoms with E-state index in [1.165, 1.54) is 0 Å². The van der Waals surface area contributed by atoms with Crippen molar-refractivity contribution in [1.29, 1.82) is 0 Å². The molecule has 0 fully saturated rings. The summed E-state index contributed by atoms with van der Waals surface area (Å²) in [5, 5.41) is 5.70. The molecule has 1 atom stereocenters. The van der Waals surface area contributed by atoms with Crippen molar-refractivity contribution in [3.05, 3.63) is 0 Å². The lowest BCUT2D eigenvalue weighted by Crippen LogP contribution is -2.44. The van der Waals surface area contributed by atoms with Gasteiger partial charge in [-0.15, -0.1) is 0 Å². The predicted molar refractivity (Wildman–Crippen MR) is 69.7 cm³/mol. The molecule has 0 bridgehead atoms. The van der Waals surface area contributed by atoms with Gasteiger partial charge >= 0.3 is 0 Å². The number of hydrogen-bond acceptors (Lipinski definition) is 4. The monoisotopic (exact) mass is 264 g/mol. The molecule has 2 N–H and O–H groups in total. The molecule has 5 nitrogen and oxygen atoms in total. The van der Waals surface area contributed by atoms with E-state index in [1.54, 1.807) is 13.8 Å². The molecule has 0 heterocycles. The molecule has 0 aromatic heterocycles. The summed E-state index contributed by atoms with van der Waals surface area (Å²) < 4.78 is 22.4. The van der Waals surface area contributed by atoms with Gasteiger partial charge < -0.3 is 10.6 Å². The summed E-state index contributed by atoms with van der Waals surface area (Å²) in [5.74, 6) is 0.148. The molecule has 0 saturated heterocycles. The van der Waals surface area contributed by atoms with Crippen LogP contribution in [0.1, 0.15) is 33.6 Å². The largest absolute Gasteiger partial charge is 0.355 e. The molecule has 0 saturated carbocycles. The lowest BCUT2D eigenvalue weighted by Gasteiger charge is -2.13. The molecule has 0 rings (SSSR count). The van der Waals surface area contributed by atoms with Crippen LogP contribution in [0.4, 0.5) is 0 Å². The Labute approximate surface area is 104 Å². The number of carbonyl (C=O) groups excluding carboxylic acids is 1. The molecule has 0 spiro atoms. The fourth-order valence-corrected chi connectivity index (χ4v) is 1.93. The van der Waals surface area contributed by atoms with E-state index in [1.807, 2.05) is 0 Å². The fraction of sp³-hybridized carbons (Fsp3) is 0.909. The van der Waals surface area contributed by atoms with Gasteiger partial charge in [-0.1, -0.05) is 20.3 Å². The quantitative estimate of drug-likeness (QED) is 0.588. The topological polar surface area (TPSA) is 75.3 Å². The van der Waals surface area contributed by atoms with Gasteiger partial charge in [-0.25, -0.2) is 8.42 Å². The zero-order valence-corrected chi connectivity index (χ0v) is 11.8. The highest BCUT2D eigenvalue weighted by Crippen LogP contribution is 1.89. The Hall–Kier alpha value is -0.620. The second-order valence-corrected chi connectivity index (χ2v) is 6.53. The molecule has 0 aliphatic carbocycles. The van der Waals surface area contributed by atoms with Crippen LogP contribution >= 0.6 is 0 Å². The Balaban J connectivity index is 3.78. The Kier molecular flexibility index (Phi) is 8.16. The van der Waals surface area contributed by atoms with Crippen molar-refractivity contribution in [3.63, 3.8) is 0 Å². The number of sulfone groups is 1. The molecule has 0 aromatic carbocycles. The second-order valence-electron chi connectivity index (χ2n) is 4.06. The van der Waals surface area contributed by atoms with Crippen LogP contribution < -0.4 is 10.6 Å². The van der Waals surface area contributed by atoms with E-state index in [4.69, 9.17) is 0 Å². The molecule has 17 heavy (non-hydrogen) atoms. The lowest BCUT2D eigenvalue weighted by molar-refractivity contribution is -0.122. The third-order valence-electron chi connectivity index (χ3n) is 2.53. The molecular weight excluding hydrogens is 240 g/mol. The Morgan fingerprint density at radius 3 is 2.41 bits per heavy atom. The summed E-state index contributed by atoms with van der Waals surface area (Å²) in [6.07, 6.45) is 2.00. The first kappa shape index (κ1) is 16.4. The summed E-state index contributed by atoms with van der Waals surface area (Å²) in [4.78, 5) is 11.5. The van der Waals surface area contributed by atoms with Gasteiger partial charge in [0.05, 0.1) is 11.8 Å². The van der Waals surface area contributed by atoms with Crippen LogP contribution in [0.2, 0.25) is 0 Å². The van der Waals surface area contributed by atoms with Gasteiger partial charge in [0.1, 0.15) is 0 Å². The van der Waals surface area contributed by atoms with Gasteiger partial charge in [-0.3, -0.25) is 4.79 Å². The molecule has 102 valence electrons. The maximum atomic E-state index is 11.5. The number of nitrogens with one attached hydrogen (secondary N) is 2. The number of rotatable bonds is 9. The van der Waals surface area contributed by atoms with Crippen molar-refractivity contribution in [2.45, 2.75) is 39.7 Å². The minimum Gasteiger partial charge on any atom is -0.355 e. The van der Waals surface area contributed by atoms with Gasteiger partial charge in [0.2, 0.25) is 5.91 Å². The molecule has 0 aliphatic rings. The first-order chi connectivity index (χ1) is 7.93. The van der Waals surface area contributed by atoms with Gasteiger partial charge in [0.25, 0.3) is 0 Å². The molecule has 1 unspecified atom stereocenters. The smallest absolute Gasteiger partial charge is 0.236 e. The second kappa shape index (κ2) is 8.47. The maximum absolute atomic E-state index is 11.5. The van der Waals surface area contributed by atoms with Crippen LogP contribution in [-0.2, 0) is 14.6 Å². The van der Waals surface area contributed by atoms with Crippen molar-refractivity contribution in [1.82, 2.24) is 10.6 Å². The van der Waals surface area contributed by atoms with Gasteiger partial charge in [-0.05, 0) is 13.3 Å². The van der Waals surface area contributed by atoms with Gasteiger partial charge in [0.15, 0.2) is 9.84 Å². The molecule has 0 aliphatic heterocycles. The summed E-state index contributed by atoms with van der Waals surface area (Å²) in [7, 11) is -2.96. The molecule has 0 radical (unpaired) electrons. The fourth-order valence-electron chi connectivity index (χ4n) is 1.21. The van der Waals surface area contributed by atoms with Crippen molar-refractivity contribution in [2.24, 2.45) is 0 Å². The summed E-state index contributed by atoms with van der Waals surface area (Å²) in [6, 6.07) is -0.348. The highest BCUT2D eigenvalue weighted by atomic mass is 32.2. The molecule has 0 aromatic rings. The Morgan fingerprint density at radius 1 is 1.24 bits per heavy atom. The van der Waals surface area contributed by atoms with Gasteiger partial charge in [0, 0.05) is 18.8 Å². The zero-order chi connectivity index (χ0) is 13.3. The van der Waals surface area contributed by atoms with Crippen LogP contribution in [0, 0.1) is 0 Å². The lowest BCUT2D eigenvalue weighted by atomic mass is 10.3. The number of amides is 1. The van der Waals surface area contributed by atoms with Crippen LogP contribution in [0.15, 0.2) is 0 Å². The first-order valence-electron chi connectivity index (χ1n) is 6.14. The van der Waals surface area contributed by atoms with E-state index >= 15 is 0 Å². The molecule has 1 amide bonds. The van der Waals surface area contributed by atoms with E-state index < -0.39 is 9.84 Å². The number of hydrogen-bond donors (Lipinski definition) is 2. The highest BCUT2D eigenvalue weighted by molar-refractivity contribution is 7.91. The third-order valence-corrected chi connectivity index (χ3v) is 4.23. The normalized spacial score (nSPS) is 13.4. The summed E-state index contributed by atoms with van der Waals surface area (Å²) in [6.45, 7) is 6.41. The Bertz CT molecular complexity index is 315. The van der Waals surface area contributed by atoms with Crippen molar-refractivity contribution < 1.29 is 13.2 Å². The minimum absolute atomic E-state index is 0.0765. The molecule has 6 heteroatoms. The van der Waals surface area contributed by atoms with Crippen LogP contribution in [0.25, 0.3) is 0 Å². The Morgan fingerprint density at radius 2 is 1.88 bits per heavy atom. The standard InChI is InChI=1S/C11H24N2O3S/c1-4-6-7-13-11(14)10(3)12-8-9-17(15,16)5-2/h10,12H,4-9H2,1-3H3,(H,13,14). The van der Waals surface area contributed by atoms with Gasteiger partial charge in [-0.2, -0.15) is 0 Å². The average molecular weight is 264 g/mol. The summed E-state index contributed by atoms with van der Waals surface area (Å²) in [5.41, 5.74) is 0. The van der Waals surface area contributed by atoms with Crippen LogP contribution in [-0.4, -0.2) is 45.0 Å². The van der Waals surface area contributed by atoms with E-state index in [9.17, 15) is 13.2 Å². The van der Waals surface area contributed by atoms with E-state index in [0.717, 1.165) is 12.8 Å². The van der Waals surface area contributed by atoms with Crippen LogP contribution in [0.3, 0.4) is 0 Å². The first-order valence-corrected chi connectivity index (χ1v) is 7.96. The van der Waals surface area contributed by atoms with Crippen LogP contribution in [0.5, 0.6) is 0 Å². The van der Waals surface area contributed by atoms with E-state index in [-0.39, 0.29) is 23.5 Å².